The number of allylic oxidation sites excluding steroid dienone is 1. The van der Waals surface area contributed by atoms with Crippen LogP contribution in [0.4, 0.5) is 0 Å². The van der Waals surface area contributed by atoms with Crippen LogP contribution in [-0.4, -0.2) is 20.5 Å². The van der Waals surface area contributed by atoms with Gasteiger partial charge in [-0.3, -0.25) is 4.21 Å². The topological polar surface area (TPSA) is 80.3 Å². The van der Waals surface area contributed by atoms with Crippen LogP contribution in [0, 0.1) is 0 Å². The molecule has 13 heavy (non-hydrogen) atoms. The van der Waals surface area contributed by atoms with E-state index in [1.807, 2.05) is 0 Å². The molecule has 0 saturated heterocycles. The van der Waals surface area contributed by atoms with Gasteiger partial charge in [0.2, 0.25) is 0 Å². The molecule has 0 rings (SSSR count). The Bertz CT molecular complexity index is 215. The molecule has 0 saturated carbocycles. The minimum atomic E-state index is -2.03. The van der Waals surface area contributed by atoms with Gasteiger partial charge in [-0.05, 0) is 25.3 Å². The predicted octanol–water partition coefficient (Wildman–Crippen LogP) is -3.65. The Morgan fingerprint density at radius 3 is 2.46 bits per heavy atom. The number of hydrogen-bond donors (Lipinski definition) is 0. The summed E-state index contributed by atoms with van der Waals surface area (Å²) in [7, 11) is 0. The zero-order valence-corrected chi connectivity index (χ0v) is 11.7. The summed E-state index contributed by atoms with van der Waals surface area (Å²) in [6, 6.07) is 0. The van der Waals surface area contributed by atoms with E-state index in [-0.39, 0.29) is 62.7 Å². The molecule has 1 atom stereocenters. The number of aliphatic carboxylic acids is 1. The quantitative estimate of drug-likeness (QED) is 0.211. The van der Waals surface area contributed by atoms with Crippen LogP contribution in [0.2, 0.25) is 0 Å². The van der Waals surface area contributed by atoms with Gasteiger partial charge in [0, 0.05) is 5.75 Å². The third-order valence-corrected chi connectivity index (χ3v) is 1.91. The van der Waals surface area contributed by atoms with Crippen LogP contribution in [0.15, 0.2) is 11.6 Å². The van der Waals surface area contributed by atoms with Gasteiger partial charge in [-0.2, -0.15) is 0 Å². The monoisotopic (exact) mass is 229 g/mol. The molecule has 0 radical (unpaired) electrons. The summed E-state index contributed by atoms with van der Waals surface area (Å²) in [5, 5.41) is 10.1. The molecule has 0 aromatic carbocycles. The summed E-state index contributed by atoms with van der Waals surface area (Å²) in [5.41, 5.74) is 0.145. The largest absolute Gasteiger partial charge is 1.00 e. The van der Waals surface area contributed by atoms with Crippen molar-refractivity contribution in [1.82, 2.24) is 0 Å². The Kier molecular flexibility index (Phi) is 12.0. The SMILES string of the molecule is CC(=CCCCS(=O)[O-])C(=O)[O-].[K+]. The van der Waals surface area contributed by atoms with Crippen LogP contribution < -0.4 is 56.5 Å². The first-order valence-corrected chi connectivity index (χ1v) is 4.72. The van der Waals surface area contributed by atoms with Crippen molar-refractivity contribution in [3.8, 4) is 0 Å². The summed E-state index contributed by atoms with van der Waals surface area (Å²) in [4.78, 5) is 10.1. The summed E-state index contributed by atoms with van der Waals surface area (Å²) < 4.78 is 20.1. The van der Waals surface area contributed by atoms with Crippen molar-refractivity contribution in [2.45, 2.75) is 19.8 Å². The van der Waals surface area contributed by atoms with Gasteiger partial charge in [-0.15, -0.1) is 0 Å². The molecule has 0 aromatic rings. The summed E-state index contributed by atoms with van der Waals surface area (Å²) in [6.07, 6.45) is 2.36. The first-order valence-electron chi connectivity index (χ1n) is 3.48. The van der Waals surface area contributed by atoms with Gasteiger partial charge in [-0.1, -0.05) is 17.2 Å². The molecule has 4 nitrogen and oxygen atoms in total. The van der Waals surface area contributed by atoms with Crippen LogP contribution in [0.5, 0.6) is 0 Å². The van der Waals surface area contributed by atoms with Crippen LogP contribution in [0.3, 0.4) is 0 Å². The average Bonchev–Trinajstić information content (AvgIpc) is 1.97. The van der Waals surface area contributed by atoms with Crippen molar-refractivity contribution >= 4 is 17.0 Å². The summed E-state index contributed by atoms with van der Waals surface area (Å²) >= 11 is -2.03. The first kappa shape index (κ1) is 16.4. The van der Waals surface area contributed by atoms with Crippen molar-refractivity contribution in [3.63, 3.8) is 0 Å². The predicted molar refractivity (Wildman–Crippen MR) is 41.8 cm³/mol. The van der Waals surface area contributed by atoms with E-state index in [0.717, 1.165) is 0 Å². The van der Waals surface area contributed by atoms with Gasteiger partial charge in [0.25, 0.3) is 0 Å². The number of carboxylic acid groups (broad SMARTS) is 1. The molecule has 0 aromatic heterocycles. The summed E-state index contributed by atoms with van der Waals surface area (Å²) in [6.45, 7) is 1.42. The zero-order chi connectivity index (χ0) is 9.56. The van der Waals surface area contributed by atoms with Gasteiger partial charge in [0.05, 0.1) is 5.97 Å². The molecular weight excluding hydrogens is 219 g/mol. The van der Waals surface area contributed by atoms with E-state index >= 15 is 0 Å². The number of carbonyl (C=O) groups excluding carboxylic acids is 1. The molecule has 0 N–H and O–H groups in total. The number of carbonyl (C=O) groups is 1. The fraction of sp³-hybridized carbons (Fsp3) is 0.571. The molecule has 70 valence electrons. The molecule has 6 heteroatoms. The van der Waals surface area contributed by atoms with Gasteiger partial charge in [0.15, 0.2) is 0 Å². The molecule has 0 aliphatic rings. The second-order valence-electron chi connectivity index (χ2n) is 2.32. The fourth-order valence-electron chi connectivity index (χ4n) is 0.603. The Hall–Kier alpha value is 0.956. The van der Waals surface area contributed by atoms with Gasteiger partial charge < -0.3 is 14.5 Å². The smallest absolute Gasteiger partial charge is 0.772 e. The van der Waals surface area contributed by atoms with E-state index < -0.39 is 17.0 Å². The second kappa shape index (κ2) is 9.51. The maximum absolute atomic E-state index is 10.1. The zero-order valence-electron chi connectivity index (χ0n) is 7.74. The molecule has 0 aliphatic heterocycles. The summed E-state index contributed by atoms with van der Waals surface area (Å²) in [5.74, 6) is -1.14. The van der Waals surface area contributed by atoms with Crippen molar-refractivity contribution in [2.75, 3.05) is 5.75 Å². The maximum Gasteiger partial charge on any atom is 1.00 e. The molecule has 0 amide bonds. The fourth-order valence-corrected chi connectivity index (χ4v) is 1.01. The Morgan fingerprint density at radius 1 is 1.54 bits per heavy atom. The third kappa shape index (κ3) is 10.9. The minimum absolute atomic E-state index is 0. The van der Waals surface area contributed by atoms with Crippen molar-refractivity contribution in [3.05, 3.63) is 11.6 Å². The average molecular weight is 229 g/mol. The van der Waals surface area contributed by atoms with Crippen LogP contribution in [0.1, 0.15) is 19.8 Å². The van der Waals surface area contributed by atoms with Crippen molar-refractivity contribution < 1.29 is 70.0 Å². The molecule has 0 heterocycles. The van der Waals surface area contributed by atoms with Gasteiger partial charge >= 0.3 is 51.4 Å². The maximum atomic E-state index is 10.1. The van der Waals surface area contributed by atoms with E-state index in [2.05, 4.69) is 0 Å². The number of hydrogen-bond acceptors (Lipinski definition) is 4. The van der Waals surface area contributed by atoms with Crippen LogP contribution in [-0.2, 0) is 15.9 Å². The van der Waals surface area contributed by atoms with E-state index in [0.29, 0.717) is 12.8 Å². The normalized spacial score (nSPS) is 13.2. The van der Waals surface area contributed by atoms with E-state index in [9.17, 15) is 18.7 Å². The van der Waals surface area contributed by atoms with Crippen LogP contribution >= 0.6 is 0 Å². The van der Waals surface area contributed by atoms with E-state index in [4.69, 9.17) is 0 Å². The molecular formula is C7H10KO4S-. The van der Waals surface area contributed by atoms with Crippen LogP contribution in [0.25, 0.3) is 0 Å². The molecule has 0 spiro atoms. The van der Waals surface area contributed by atoms with Gasteiger partial charge in [-0.25, -0.2) is 0 Å². The Morgan fingerprint density at radius 2 is 2.08 bits per heavy atom. The molecule has 0 fully saturated rings. The molecule has 0 bridgehead atoms. The Balaban J connectivity index is 0. The second-order valence-corrected chi connectivity index (χ2v) is 3.34. The molecule has 0 aliphatic carbocycles. The number of rotatable bonds is 5. The van der Waals surface area contributed by atoms with E-state index in [1.165, 1.54) is 13.0 Å². The number of unbranched alkanes of at least 4 members (excludes halogenated alkanes) is 1. The standard InChI is InChI=1S/C7H12O4S.K/c1-6(7(8)9)4-2-3-5-12(10)11;/h4H,2-3,5H2,1H3,(H,8,9)(H,10,11);/q;+1/p-2. The minimum Gasteiger partial charge on any atom is -0.772 e. The first-order chi connectivity index (χ1) is 5.54. The third-order valence-electron chi connectivity index (χ3n) is 1.29. The Labute approximate surface area is 122 Å². The van der Waals surface area contributed by atoms with Gasteiger partial charge in [0.1, 0.15) is 0 Å². The van der Waals surface area contributed by atoms with Crippen molar-refractivity contribution in [1.29, 1.82) is 0 Å². The number of carboxylic acids is 1. The molecule has 1 unspecified atom stereocenters. The van der Waals surface area contributed by atoms with E-state index in [1.54, 1.807) is 0 Å². The van der Waals surface area contributed by atoms with Crippen molar-refractivity contribution in [2.24, 2.45) is 0 Å².